The molecule has 0 saturated carbocycles. The molecular weight excluding hydrogens is 263 g/mol. The van der Waals surface area contributed by atoms with Crippen LogP contribution in [0.1, 0.15) is 39.0 Å². The predicted molar refractivity (Wildman–Crippen MR) is 85.9 cm³/mol. The van der Waals surface area contributed by atoms with E-state index in [0.717, 1.165) is 22.1 Å². The monoisotopic (exact) mass is 286 g/mol. The summed E-state index contributed by atoms with van der Waals surface area (Å²) in [6.07, 6.45) is 0. The molecule has 1 saturated heterocycles. The van der Waals surface area contributed by atoms with Gasteiger partial charge in [0.25, 0.3) is 0 Å². The van der Waals surface area contributed by atoms with Gasteiger partial charge in [-0.15, -0.1) is 0 Å². The lowest BCUT2D eigenvalue weighted by atomic mass is 9.73. The fourth-order valence-corrected chi connectivity index (χ4v) is 2.96. The molecule has 0 amide bonds. The number of rotatable bonds is 1. The maximum atomic E-state index is 6.24. The molecule has 1 fully saturated rings. The van der Waals surface area contributed by atoms with Gasteiger partial charge >= 0.3 is 7.12 Å². The third-order valence-corrected chi connectivity index (χ3v) is 4.94. The molecule has 0 radical (unpaired) electrons. The molecule has 0 N–H and O–H groups in total. The van der Waals surface area contributed by atoms with Crippen LogP contribution in [0.5, 0.6) is 0 Å². The summed E-state index contributed by atoms with van der Waals surface area (Å²) in [7, 11) is 1.63. The molecule has 0 spiro atoms. The van der Waals surface area contributed by atoms with E-state index in [4.69, 9.17) is 9.31 Å². The second kappa shape index (κ2) is 4.34. The number of nitrogens with zero attached hydrogens (tertiary/aromatic N) is 2. The second-order valence-electron chi connectivity index (χ2n) is 6.99. The fourth-order valence-electron chi connectivity index (χ4n) is 2.96. The van der Waals surface area contributed by atoms with E-state index >= 15 is 0 Å². The van der Waals surface area contributed by atoms with Crippen LogP contribution in [0.15, 0.2) is 12.1 Å². The van der Waals surface area contributed by atoms with Gasteiger partial charge in [0.2, 0.25) is 0 Å². The molecule has 3 rings (SSSR count). The third-order valence-electron chi connectivity index (χ3n) is 4.94. The van der Waals surface area contributed by atoms with E-state index in [1.54, 1.807) is 0 Å². The largest absolute Gasteiger partial charge is 0.495 e. The van der Waals surface area contributed by atoms with Gasteiger partial charge in [0.15, 0.2) is 0 Å². The maximum absolute atomic E-state index is 6.24. The Morgan fingerprint density at radius 1 is 1.05 bits per heavy atom. The molecule has 0 bridgehead atoms. The minimum atomic E-state index is -0.346. The molecule has 2 heterocycles. The second-order valence-corrected chi connectivity index (χ2v) is 6.99. The number of fused-ring (bicyclic) bond motifs is 1. The van der Waals surface area contributed by atoms with Crippen molar-refractivity contribution in [3.8, 4) is 0 Å². The molecule has 4 nitrogen and oxygen atoms in total. The minimum Gasteiger partial charge on any atom is -0.399 e. The number of hydrogen-bond acceptors (Lipinski definition) is 3. The van der Waals surface area contributed by atoms with E-state index < -0.39 is 0 Å². The van der Waals surface area contributed by atoms with Gasteiger partial charge in [0, 0.05) is 12.4 Å². The van der Waals surface area contributed by atoms with Crippen molar-refractivity contribution in [2.24, 2.45) is 7.05 Å². The van der Waals surface area contributed by atoms with Gasteiger partial charge in [-0.3, -0.25) is 4.68 Å². The van der Waals surface area contributed by atoms with Gasteiger partial charge < -0.3 is 9.31 Å². The quantitative estimate of drug-likeness (QED) is 0.756. The highest BCUT2D eigenvalue weighted by atomic mass is 16.7. The van der Waals surface area contributed by atoms with E-state index in [2.05, 4.69) is 51.9 Å². The van der Waals surface area contributed by atoms with E-state index in [-0.39, 0.29) is 18.3 Å². The van der Waals surface area contributed by atoms with Gasteiger partial charge in [0.1, 0.15) is 0 Å². The average molecular weight is 286 g/mol. The van der Waals surface area contributed by atoms with Crippen LogP contribution in [0, 0.1) is 13.8 Å². The van der Waals surface area contributed by atoms with Crippen molar-refractivity contribution < 1.29 is 9.31 Å². The van der Waals surface area contributed by atoms with Gasteiger partial charge in [-0.05, 0) is 53.1 Å². The zero-order valence-electron chi connectivity index (χ0n) is 13.9. The number of hydrogen-bond donors (Lipinski definition) is 0. The van der Waals surface area contributed by atoms with Crippen molar-refractivity contribution in [1.82, 2.24) is 9.78 Å². The molecule has 1 aliphatic heterocycles. The summed E-state index contributed by atoms with van der Waals surface area (Å²) in [5, 5.41) is 5.69. The van der Waals surface area contributed by atoms with Crippen molar-refractivity contribution in [3.05, 3.63) is 23.4 Å². The lowest BCUT2D eigenvalue weighted by Gasteiger charge is -2.32. The predicted octanol–water partition coefficient (Wildman–Crippen LogP) is 2.49. The van der Waals surface area contributed by atoms with Crippen LogP contribution in [0.2, 0.25) is 0 Å². The summed E-state index contributed by atoms with van der Waals surface area (Å²) in [6, 6.07) is 4.23. The first-order valence-corrected chi connectivity index (χ1v) is 7.42. The minimum absolute atomic E-state index is 0.331. The SMILES string of the molecule is Cc1ccc2c(c(C)nn2C)c1B1OC(C)(C)C(C)(C)O1. The van der Waals surface area contributed by atoms with Crippen molar-refractivity contribution >= 4 is 23.5 Å². The van der Waals surface area contributed by atoms with Gasteiger partial charge in [-0.25, -0.2) is 0 Å². The lowest BCUT2D eigenvalue weighted by Crippen LogP contribution is -2.41. The Labute approximate surface area is 126 Å². The molecule has 1 aliphatic rings. The summed E-state index contributed by atoms with van der Waals surface area (Å²) in [4.78, 5) is 0. The molecule has 2 aromatic rings. The van der Waals surface area contributed by atoms with Crippen LogP contribution in [0.25, 0.3) is 10.9 Å². The van der Waals surface area contributed by atoms with Gasteiger partial charge in [0.05, 0.1) is 22.4 Å². The first-order chi connectivity index (χ1) is 9.64. The zero-order chi connectivity index (χ0) is 15.6. The number of benzene rings is 1. The van der Waals surface area contributed by atoms with Crippen LogP contribution in [0.3, 0.4) is 0 Å². The molecule has 1 aromatic carbocycles. The first kappa shape index (κ1) is 14.6. The summed E-state index contributed by atoms with van der Waals surface area (Å²) in [5.41, 5.74) is 3.75. The zero-order valence-corrected chi connectivity index (χ0v) is 13.9. The van der Waals surface area contributed by atoms with Crippen LogP contribution in [-0.2, 0) is 16.4 Å². The Kier molecular flexibility index (Phi) is 3.02. The Bertz CT molecular complexity index is 703. The summed E-state index contributed by atoms with van der Waals surface area (Å²) >= 11 is 0. The third kappa shape index (κ3) is 2.02. The van der Waals surface area contributed by atoms with Crippen molar-refractivity contribution in [3.63, 3.8) is 0 Å². The smallest absolute Gasteiger partial charge is 0.399 e. The van der Waals surface area contributed by atoms with E-state index in [1.807, 2.05) is 18.7 Å². The Hall–Kier alpha value is -1.33. The number of aryl methyl sites for hydroxylation is 3. The first-order valence-electron chi connectivity index (χ1n) is 7.42. The fraction of sp³-hybridized carbons (Fsp3) is 0.562. The van der Waals surface area contributed by atoms with Crippen LogP contribution < -0.4 is 5.46 Å². The number of aromatic nitrogens is 2. The van der Waals surface area contributed by atoms with E-state index in [0.29, 0.717) is 0 Å². The topological polar surface area (TPSA) is 36.3 Å². The van der Waals surface area contributed by atoms with Crippen LogP contribution in [-0.4, -0.2) is 28.1 Å². The van der Waals surface area contributed by atoms with E-state index in [1.165, 1.54) is 5.56 Å². The summed E-state index contributed by atoms with van der Waals surface area (Å²) < 4.78 is 14.4. The van der Waals surface area contributed by atoms with Crippen molar-refractivity contribution in [1.29, 1.82) is 0 Å². The Morgan fingerprint density at radius 2 is 1.62 bits per heavy atom. The van der Waals surface area contributed by atoms with Crippen molar-refractivity contribution in [2.75, 3.05) is 0 Å². The van der Waals surface area contributed by atoms with E-state index in [9.17, 15) is 0 Å². The Morgan fingerprint density at radius 3 is 2.19 bits per heavy atom. The molecular formula is C16H23BN2O2. The maximum Gasteiger partial charge on any atom is 0.495 e. The molecule has 5 heteroatoms. The van der Waals surface area contributed by atoms with Crippen LogP contribution in [0.4, 0.5) is 0 Å². The molecule has 112 valence electrons. The van der Waals surface area contributed by atoms with Crippen molar-refractivity contribution in [2.45, 2.75) is 52.7 Å². The highest BCUT2D eigenvalue weighted by Gasteiger charge is 2.52. The highest BCUT2D eigenvalue weighted by Crippen LogP contribution is 2.37. The molecule has 1 aromatic heterocycles. The summed E-state index contributed by atoms with van der Waals surface area (Å²) in [5.74, 6) is 0. The summed E-state index contributed by atoms with van der Waals surface area (Å²) in [6.45, 7) is 12.5. The van der Waals surface area contributed by atoms with Crippen LogP contribution >= 0.6 is 0 Å². The standard InChI is InChI=1S/C16H23BN2O2/c1-10-8-9-12-13(11(2)18-19(12)7)14(10)17-20-15(3,4)16(5,6)21-17/h8-9H,1-7H3. The molecule has 0 unspecified atom stereocenters. The molecule has 21 heavy (non-hydrogen) atoms. The normalized spacial score (nSPS) is 20.4. The lowest BCUT2D eigenvalue weighted by molar-refractivity contribution is 0.00578. The van der Waals surface area contributed by atoms with Gasteiger partial charge in [-0.2, -0.15) is 5.10 Å². The van der Waals surface area contributed by atoms with Gasteiger partial charge in [-0.1, -0.05) is 11.6 Å². The molecule has 0 aliphatic carbocycles. The molecule has 0 atom stereocenters. The average Bonchev–Trinajstić information content (AvgIpc) is 2.74. The Balaban J connectivity index is 2.20. The highest BCUT2D eigenvalue weighted by molar-refractivity contribution is 6.65.